The molecule has 1 aliphatic heterocycles. The third kappa shape index (κ3) is 4.04. The van der Waals surface area contributed by atoms with Crippen LogP contribution in [0, 0.1) is 5.92 Å². The summed E-state index contributed by atoms with van der Waals surface area (Å²) in [6.45, 7) is 2.45. The summed E-state index contributed by atoms with van der Waals surface area (Å²) in [4.78, 5) is 0. The molecule has 0 unspecified atom stereocenters. The van der Waals surface area contributed by atoms with Gasteiger partial charge in [0.25, 0.3) is 11.0 Å². The molecule has 0 aliphatic carbocycles. The van der Waals surface area contributed by atoms with Gasteiger partial charge in [0.2, 0.25) is 0 Å². The van der Waals surface area contributed by atoms with Gasteiger partial charge in [0.05, 0.1) is 6.61 Å². The molecule has 0 aromatic heterocycles. The maximum atomic E-state index is 10.0. The second-order valence-electron chi connectivity index (χ2n) is 3.04. The number of nitrogens with one attached hydrogen (secondary N) is 1. The summed E-state index contributed by atoms with van der Waals surface area (Å²) in [5.41, 5.74) is 0. The van der Waals surface area contributed by atoms with E-state index in [4.69, 9.17) is 0 Å². The molecule has 72 valence electrons. The summed E-state index contributed by atoms with van der Waals surface area (Å²) < 4.78 is 24.6. The Hall–Kier alpha value is -0.130. The molecule has 0 saturated carbocycles. The van der Waals surface area contributed by atoms with E-state index in [0.717, 1.165) is 32.4 Å². The van der Waals surface area contributed by atoms with Crippen LogP contribution in [0.15, 0.2) is 0 Å². The van der Waals surface area contributed by atoms with Crippen molar-refractivity contribution < 1.29 is 12.6 Å². The van der Waals surface area contributed by atoms with E-state index in [0.29, 0.717) is 12.5 Å². The zero-order valence-electron chi connectivity index (χ0n) is 6.99. The van der Waals surface area contributed by atoms with Gasteiger partial charge in [-0.3, -0.25) is 4.18 Å². The zero-order chi connectivity index (χ0) is 8.81. The first-order valence-corrected chi connectivity index (χ1v) is 5.36. The third-order valence-corrected chi connectivity index (χ3v) is 2.57. The number of piperidine rings is 1. The van der Waals surface area contributed by atoms with E-state index in [-0.39, 0.29) is 0 Å². The summed E-state index contributed by atoms with van der Waals surface area (Å²) in [7, 11) is -2.64. The first-order valence-electron chi connectivity index (χ1n) is 4.27. The molecular weight excluding hydrogens is 178 g/mol. The van der Waals surface area contributed by atoms with Crippen molar-refractivity contribution in [3.8, 4) is 0 Å². The average molecular weight is 193 g/mol. The quantitative estimate of drug-likeness (QED) is 0.613. The Morgan fingerprint density at radius 2 is 2.00 bits per heavy atom. The van der Waals surface area contributed by atoms with Gasteiger partial charge in [0, 0.05) is 0 Å². The van der Waals surface area contributed by atoms with Gasteiger partial charge in [0.15, 0.2) is 0 Å². The molecule has 1 rings (SSSR count). The van der Waals surface area contributed by atoms with E-state index < -0.39 is 11.0 Å². The minimum absolute atomic E-state index is 0.351. The highest BCUT2D eigenvalue weighted by Gasteiger charge is 2.12. The SMILES string of the molecule is O=[SH](=O)OCCC1CCNCC1. The van der Waals surface area contributed by atoms with Crippen LogP contribution in [0.4, 0.5) is 0 Å². The van der Waals surface area contributed by atoms with Crippen molar-refractivity contribution in [2.45, 2.75) is 19.3 Å². The van der Waals surface area contributed by atoms with Crippen LogP contribution in [0.5, 0.6) is 0 Å². The van der Waals surface area contributed by atoms with Gasteiger partial charge < -0.3 is 5.32 Å². The molecule has 5 heteroatoms. The van der Waals surface area contributed by atoms with E-state index in [9.17, 15) is 8.42 Å². The van der Waals surface area contributed by atoms with E-state index in [1.807, 2.05) is 0 Å². The average Bonchev–Trinajstić information content (AvgIpc) is 2.05. The van der Waals surface area contributed by atoms with E-state index in [2.05, 4.69) is 9.50 Å². The molecule has 0 amide bonds. The Morgan fingerprint density at radius 3 is 2.58 bits per heavy atom. The van der Waals surface area contributed by atoms with Gasteiger partial charge in [0.1, 0.15) is 0 Å². The van der Waals surface area contributed by atoms with Crippen molar-refractivity contribution in [1.29, 1.82) is 0 Å². The minimum atomic E-state index is -2.64. The molecule has 1 aliphatic rings. The Bertz CT molecular complexity index is 179. The van der Waals surface area contributed by atoms with Crippen LogP contribution >= 0.6 is 0 Å². The molecule has 1 fully saturated rings. The maximum absolute atomic E-state index is 10.0. The van der Waals surface area contributed by atoms with Crippen LogP contribution in [0.1, 0.15) is 19.3 Å². The van der Waals surface area contributed by atoms with Crippen LogP contribution in [-0.2, 0) is 15.2 Å². The lowest BCUT2D eigenvalue weighted by Crippen LogP contribution is -2.28. The zero-order valence-corrected chi connectivity index (χ0v) is 7.89. The second-order valence-corrected chi connectivity index (χ2v) is 3.74. The van der Waals surface area contributed by atoms with Crippen molar-refractivity contribution in [3.05, 3.63) is 0 Å². The van der Waals surface area contributed by atoms with Crippen LogP contribution < -0.4 is 5.32 Å². The molecule has 12 heavy (non-hydrogen) atoms. The smallest absolute Gasteiger partial charge is 0.257 e. The Morgan fingerprint density at radius 1 is 1.33 bits per heavy atom. The lowest BCUT2D eigenvalue weighted by atomic mass is 9.95. The normalized spacial score (nSPS) is 20.1. The lowest BCUT2D eigenvalue weighted by molar-refractivity contribution is 0.263. The number of hydrogen-bond donors (Lipinski definition) is 2. The lowest BCUT2D eigenvalue weighted by Gasteiger charge is -2.21. The predicted octanol–water partition coefficient (Wildman–Crippen LogP) is -0.0809. The fraction of sp³-hybridized carbons (Fsp3) is 1.00. The third-order valence-electron chi connectivity index (χ3n) is 2.18. The van der Waals surface area contributed by atoms with Crippen LogP contribution in [0.25, 0.3) is 0 Å². The standard InChI is InChI=1S/C7H15NO3S/c9-12(10)11-6-3-7-1-4-8-5-2-7/h7-8,12H,1-6H2. The molecule has 0 aromatic carbocycles. The van der Waals surface area contributed by atoms with Crippen molar-refractivity contribution >= 4 is 11.0 Å². The monoisotopic (exact) mass is 193 g/mol. The summed E-state index contributed by atoms with van der Waals surface area (Å²) >= 11 is 0. The number of hydrogen-bond acceptors (Lipinski definition) is 4. The van der Waals surface area contributed by atoms with Crippen LogP contribution in [0.3, 0.4) is 0 Å². The fourth-order valence-electron chi connectivity index (χ4n) is 1.46. The molecule has 0 aromatic rings. The maximum Gasteiger partial charge on any atom is 0.257 e. The van der Waals surface area contributed by atoms with E-state index in [1.165, 1.54) is 0 Å². The summed E-state index contributed by atoms with van der Waals surface area (Å²) in [6, 6.07) is 0. The van der Waals surface area contributed by atoms with E-state index >= 15 is 0 Å². The number of thiol groups is 1. The molecular formula is C7H15NO3S. The minimum Gasteiger partial charge on any atom is -0.317 e. The molecule has 0 bridgehead atoms. The van der Waals surface area contributed by atoms with Gasteiger partial charge >= 0.3 is 0 Å². The van der Waals surface area contributed by atoms with Crippen molar-refractivity contribution in [2.24, 2.45) is 5.92 Å². The Kier molecular flexibility index (Phi) is 4.57. The summed E-state index contributed by atoms with van der Waals surface area (Å²) in [5, 5.41) is 3.25. The Balaban J connectivity index is 2.05. The van der Waals surface area contributed by atoms with Gasteiger partial charge in [-0.25, -0.2) is 8.42 Å². The van der Waals surface area contributed by atoms with Gasteiger partial charge in [-0.1, -0.05) is 0 Å². The topological polar surface area (TPSA) is 55.4 Å². The number of rotatable bonds is 4. The van der Waals surface area contributed by atoms with Crippen LogP contribution in [-0.4, -0.2) is 28.1 Å². The molecule has 0 radical (unpaired) electrons. The van der Waals surface area contributed by atoms with Crippen molar-refractivity contribution in [2.75, 3.05) is 19.7 Å². The molecule has 4 nitrogen and oxygen atoms in total. The van der Waals surface area contributed by atoms with E-state index in [1.54, 1.807) is 0 Å². The van der Waals surface area contributed by atoms with Gasteiger partial charge in [-0.05, 0) is 38.3 Å². The highest BCUT2D eigenvalue weighted by atomic mass is 32.2. The fourth-order valence-corrected chi connectivity index (χ4v) is 1.72. The molecule has 1 N–H and O–H groups in total. The highest BCUT2D eigenvalue weighted by Crippen LogP contribution is 2.15. The second kappa shape index (κ2) is 5.50. The van der Waals surface area contributed by atoms with Crippen molar-refractivity contribution in [1.82, 2.24) is 5.32 Å². The van der Waals surface area contributed by atoms with Crippen molar-refractivity contribution in [3.63, 3.8) is 0 Å². The van der Waals surface area contributed by atoms with Crippen LogP contribution in [0.2, 0.25) is 0 Å². The highest BCUT2D eigenvalue weighted by molar-refractivity contribution is 7.67. The predicted molar refractivity (Wildman–Crippen MR) is 46.5 cm³/mol. The molecule has 1 saturated heterocycles. The summed E-state index contributed by atoms with van der Waals surface area (Å²) in [6.07, 6.45) is 3.14. The summed E-state index contributed by atoms with van der Waals surface area (Å²) in [5.74, 6) is 0.640. The first kappa shape index (κ1) is 9.95. The Labute approximate surface area is 74.5 Å². The molecule has 1 heterocycles. The largest absolute Gasteiger partial charge is 0.317 e. The molecule has 0 atom stereocenters. The first-order chi connectivity index (χ1) is 5.79. The van der Waals surface area contributed by atoms with Gasteiger partial charge in [-0.2, -0.15) is 0 Å². The van der Waals surface area contributed by atoms with Gasteiger partial charge in [-0.15, -0.1) is 0 Å². The molecule has 0 spiro atoms.